The maximum absolute atomic E-state index is 13.5. The molecule has 0 unspecified atom stereocenters. The Morgan fingerprint density at radius 1 is 1.04 bits per heavy atom. The summed E-state index contributed by atoms with van der Waals surface area (Å²) in [5, 5.41) is 0. The van der Waals surface area contributed by atoms with Crippen LogP contribution in [-0.2, 0) is 0 Å². The number of piperidine rings is 3. The number of nitrogens with one attached hydrogen (secondary N) is 1. The molecule has 2 atom stereocenters. The van der Waals surface area contributed by atoms with Crippen molar-refractivity contribution in [3.63, 3.8) is 0 Å². The number of para-hydroxylation sites is 1. The number of Topliss-reactive ketones (excluding diaryl/α,β-unsaturated/α-hetero) is 1. The van der Waals surface area contributed by atoms with Gasteiger partial charge in [0.1, 0.15) is 5.75 Å². The summed E-state index contributed by atoms with van der Waals surface area (Å²) in [6.45, 7) is 3.63. The van der Waals surface area contributed by atoms with Gasteiger partial charge in [-0.2, -0.15) is 0 Å². The first-order valence-electron chi connectivity index (χ1n) is 9.33. The van der Waals surface area contributed by atoms with E-state index in [4.69, 9.17) is 4.74 Å². The topological polar surface area (TPSA) is 30.7 Å². The van der Waals surface area contributed by atoms with E-state index in [1.165, 1.54) is 25.9 Å². The largest absolute Gasteiger partial charge is 0.496 e. The van der Waals surface area contributed by atoms with Gasteiger partial charge in [0.15, 0.2) is 5.78 Å². The van der Waals surface area contributed by atoms with Gasteiger partial charge in [-0.25, -0.2) is 0 Å². The molecule has 3 heteroatoms. The number of quaternary nitrogens is 1. The van der Waals surface area contributed by atoms with Crippen LogP contribution in [0.25, 0.3) is 0 Å². The second kappa shape index (κ2) is 7.01. The molecule has 0 spiro atoms. The fourth-order valence-corrected chi connectivity index (χ4v) is 4.84. The van der Waals surface area contributed by atoms with E-state index in [0.29, 0.717) is 11.8 Å². The third kappa shape index (κ3) is 3.09. The van der Waals surface area contributed by atoms with Gasteiger partial charge in [0.2, 0.25) is 0 Å². The predicted octanol–water partition coefficient (Wildman–Crippen LogP) is 2.59. The molecule has 2 bridgehead atoms. The number of benzene rings is 2. The van der Waals surface area contributed by atoms with Crippen molar-refractivity contribution in [1.29, 1.82) is 0 Å². The molecule has 2 aromatic rings. The molecule has 0 aromatic heterocycles. The van der Waals surface area contributed by atoms with Crippen molar-refractivity contribution in [1.82, 2.24) is 0 Å². The Kier molecular flexibility index (Phi) is 4.58. The Labute approximate surface area is 149 Å². The normalized spacial score (nSPS) is 26.2. The first-order valence-corrected chi connectivity index (χ1v) is 9.33. The van der Waals surface area contributed by atoms with Crippen LogP contribution in [0.4, 0.5) is 0 Å². The Hall–Kier alpha value is -2.13. The fourth-order valence-electron chi connectivity index (χ4n) is 4.84. The zero-order valence-corrected chi connectivity index (χ0v) is 14.8. The molecule has 2 aromatic carbocycles. The second-order valence-electron chi connectivity index (χ2n) is 7.41. The summed E-state index contributed by atoms with van der Waals surface area (Å²) < 4.78 is 5.62. The van der Waals surface area contributed by atoms with Crippen LogP contribution >= 0.6 is 0 Å². The van der Waals surface area contributed by atoms with Gasteiger partial charge < -0.3 is 9.64 Å². The Morgan fingerprint density at radius 2 is 1.72 bits per heavy atom. The molecule has 3 nitrogen and oxygen atoms in total. The maximum atomic E-state index is 13.5. The van der Waals surface area contributed by atoms with Crippen LogP contribution in [0.15, 0.2) is 54.6 Å². The zero-order chi connectivity index (χ0) is 17.2. The summed E-state index contributed by atoms with van der Waals surface area (Å²) in [7, 11) is 1.70. The number of rotatable bonds is 5. The minimum atomic E-state index is -0.112. The van der Waals surface area contributed by atoms with Gasteiger partial charge in [0, 0.05) is 29.9 Å². The molecule has 3 fully saturated rings. The van der Waals surface area contributed by atoms with Crippen molar-refractivity contribution in [2.75, 3.05) is 26.7 Å². The van der Waals surface area contributed by atoms with Gasteiger partial charge in [0.25, 0.3) is 0 Å². The number of ketones is 1. The van der Waals surface area contributed by atoms with E-state index in [1.54, 1.807) is 12.0 Å². The summed E-state index contributed by atoms with van der Waals surface area (Å²) in [6.07, 6.45) is 2.49. The summed E-state index contributed by atoms with van der Waals surface area (Å²) in [5.74, 6) is 2.02. The third-order valence-corrected chi connectivity index (χ3v) is 6.11. The Morgan fingerprint density at radius 3 is 2.36 bits per heavy atom. The fraction of sp³-hybridized carbons (Fsp3) is 0.409. The molecule has 0 aliphatic carbocycles. The van der Waals surface area contributed by atoms with Crippen LogP contribution in [0.1, 0.15) is 34.7 Å². The van der Waals surface area contributed by atoms with Crippen molar-refractivity contribution >= 4 is 5.78 Å². The van der Waals surface area contributed by atoms with Crippen LogP contribution in [0.3, 0.4) is 0 Å². The van der Waals surface area contributed by atoms with Crippen LogP contribution < -0.4 is 9.64 Å². The van der Waals surface area contributed by atoms with E-state index < -0.39 is 0 Å². The van der Waals surface area contributed by atoms with E-state index in [1.807, 2.05) is 48.5 Å². The van der Waals surface area contributed by atoms with Crippen molar-refractivity contribution in [2.24, 2.45) is 11.8 Å². The van der Waals surface area contributed by atoms with E-state index in [-0.39, 0.29) is 11.7 Å². The molecule has 3 aliphatic rings. The Bertz CT molecular complexity index is 735. The van der Waals surface area contributed by atoms with Crippen LogP contribution in [-0.4, -0.2) is 32.5 Å². The predicted molar refractivity (Wildman–Crippen MR) is 98.3 cm³/mol. The molecule has 3 aliphatic heterocycles. The first-order chi connectivity index (χ1) is 12.3. The van der Waals surface area contributed by atoms with Crippen molar-refractivity contribution in [3.8, 4) is 5.75 Å². The van der Waals surface area contributed by atoms with Crippen molar-refractivity contribution in [2.45, 2.75) is 18.8 Å². The number of carbonyl (C=O) groups excluding carboxylic acids is 1. The minimum Gasteiger partial charge on any atom is -0.496 e. The lowest BCUT2D eigenvalue weighted by Gasteiger charge is -2.44. The monoisotopic (exact) mass is 336 g/mol. The SMILES string of the molecule is COc1ccccc1[C@@H](C(=O)c1ccccc1)[C@H]1C[NH+]2CCC1CC2. The lowest BCUT2D eigenvalue weighted by atomic mass is 9.68. The molecular weight excluding hydrogens is 310 g/mol. The van der Waals surface area contributed by atoms with Crippen LogP contribution in [0.2, 0.25) is 0 Å². The van der Waals surface area contributed by atoms with Gasteiger partial charge in [-0.15, -0.1) is 0 Å². The average Bonchev–Trinajstić information content (AvgIpc) is 2.70. The van der Waals surface area contributed by atoms with E-state index >= 15 is 0 Å². The molecule has 0 radical (unpaired) electrons. The molecule has 3 saturated heterocycles. The molecular formula is C22H26NO2+. The minimum absolute atomic E-state index is 0.112. The van der Waals surface area contributed by atoms with E-state index in [2.05, 4.69) is 6.07 Å². The molecule has 130 valence electrons. The quantitative estimate of drug-likeness (QED) is 0.851. The summed E-state index contributed by atoms with van der Waals surface area (Å²) in [4.78, 5) is 15.2. The highest BCUT2D eigenvalue weighted by Gasteiger charge is 2.45. The van der Waals surface area contributed by atoms with E-state index in [0.717, 1.165) is 23.4 Å². The van der Waals surface area contributed by atoms with Gasteiger partial charge in [-0.1, -0.05) is 48.5 Å². The first kappa shape index (κ1) is 16.3. The second-order valence-corrected chi connectivity index (χ2v) is 7.41. The van der Waals surface area contributed by atoms with Gasteiger partial charge in [0.05, 0.1) is 32.7 Å². The van der Waals surface area contributed by atoms with Gasteiger partial charge >= 0.3 is 0 Å². The van der Waals surface area contributed by atoms with Crippen molar-refractivity contribution < 1.29 is 14.4 Å². The molecule has 0 amide bonds. The van der Waals surface area contributed by atoms with Crippen molar-refractivity contribution in [3.05, 3.63) is 65.7 Å². The number of carbonyl (C=O) groups is 1. The lowest BCUT2D eigenvalue weighted by Crippen LogP contribution is -3.16. The zero-order valence-electron chi connectivity index (χ0n) is 14.8. The number of hydrogen-bond donors (Lipinski definition) is 1. The van der Waals surface area contributed by atoms with Gasteiger partial charge in [-0.3, -0.25) is 4.79 Å². The number of fused-ring (bicyclic) bond motifs is 3. The van der Waals surface area contributed by atoms with Gasteiger partial charge in [-0.05, 0) is 12.0 Å². The molecule has 25 heavy (non-hydrogen) atoms. The number of methoxy groups -OCH3 is 1. The smallest absolute Gasteiger partial charge is 0.170 e. The van der Waals surface area contributed by atoms with Crippen LogP contribution in [0.5, 0.6) is 5.75 Å². The highest BCUT2D eigenvalue weighted by atomic mass is 16.5. The van der Waals surface area contributed by atoms with Crippen LogP contribution in [0, 0.1) is 11.8 Å². The Balaban J connectivity index is 1.77. The summed E-state index contributed by atoms with van der Waals surface area (Å²) in [6, 6.07) is 17.8. The summed E-state index contributed by atoms with van der Waals surface area (Å²) in [5.41, 5.74) is 1.86. The summed E-state index contributed by atoms with van der Waals surface area (Å²) >= 11 is 0. The molecule has 1 N–H and O–H groups in total. The standard InChI is InChI=1S/C22H25NO2/c1-25-20-10-6-5-9-18(20)21(22(24)17-7-3-2-4-8-17)19-15-23-13-11-16(19)12-14-23/h2-10,16,19,21H,11-15H2,1H3/p+1/t19-,21+/m0/s1. The number of ether oxygens (including phenoxy) is 1. The number of hydrogen-bond acceptors (Lipinski definition) is 2. The lowest BCUT2D eigenvalue weighted by molar-refractivity contribution is -0.921. The maximum Gasteiger partial charge on any atom is 0.170 e. The third-order valence-electron chi connectivity index (χ3n) is 6.11. The highest BCUT2D eigenvalue weighted by molar-refractivity contribution is 6.01. The average molecular weight is 336 g/mol. The van der Waals surface area contributed by atoms with E-state index in [9.17, 15) is 4.79 Å². The molecule has 3 heterocycles. The molecule has 0 saturated carbocycles. The highest BCUT2D eigenvalue weighted by Crippen LogP contribution is 2.41. The molecule has 5 rings (SSSR count).